The van der Waals surface area contributed by atoms with Gasteiger partial charge in [0.05, 0.1) is 17.9 Å². The molecule has 0 heterocycles. The molecule has 21 heavy (non-hydrogen) atoms. The van der Waals surface area contributed by atoms with E-state index in [-0.39, 0.29) is 18.5 Å². The molecule has 0 radical (unpaired) electrons. The van der Waals surface area contributed by atoms with Crippen LogP contribution in [0.4, 0.5) is 10.5 Å². The number of aliphatic hydroxyl groups is 1. The molecule has 0 saturated heterocycles. The summed E-state index contributed by atoms with van der Waals surface area (Å²) < 4.78 is 5.51. The van der Waals surface area contributed by atoms with Crippen molar-refractivity contribution in [3.05, 3.63) is 23.8 Å². The number of hydrogen-bond donors (Lipinski definition) is 3. The number of rotatable bonds is 6. The van der Waals surface area contributed by atoms with Crippen LogP contribution in [-0.4, -0.2) is 29.9 Å². The maximum absolute atomic E-state index is 11.9. The number of amides is 2. The zero-order valence-corrected chi connectivity index (χ0v) is 13.5. The van der Waals surface area contributed by atoms with Crippen LogP contribution in [0.1, 0.15) is 33.3 Å². The van der Waals surface area contributed by atoms with Gasteiger partial charge in [-0.3, -0.25) is 0 Å². The Balaban J connectivity index is 2.67. The van der Waals surface area contributed by atoms with Crippen molar-refractivity contribution in [1.82, 2.24) is 5.32 Å². The minimum atomic E-state index is -0.937. The number of aryl methyl sites for hydroxylation is 1. The van der Waals surface area contributed by atoms with E-state index in [1.165, 1.54) is 0 Å². The van der Waals surface area contributed by atoms with Crippen LogP contribution in [0.25, 0.3) is 0 Å². The number of carbonyl (C=O) groups is 1. The van der Waals surface area contributed by atoms with Gasteiger partial charge in [0, 0.05) is 6.54 Å². The molecule has 1 unspecified atom stereocenters. The van der Waals surface area contributed by atoms with E-state index in [2.05, 4.69) is 10.6 Å². The number of benzene rings is 1. The van der Waals surface area contributed by atoms with Crippen molar-refractivity contribution in [1.29, 1.82) is 0 Å². The second-order valence-corrected chi connectivity index (χ2v) is 5.75. The van der Waals surface area contributed by atoms with Gasteiger partial charge in [0.15, 0.2) is 0 Å². The topological polar surface area (TPSA) is 70.6 Å². The van der Waals surface area contributed by atoms with Crippen molar-refractivity contribution in [3.8, 4) is 5.75 Å². The Labute approximate surface area is 126 Å². The highest BCUT2D eigenvalue weighted by atomic mass is 16.5. The second-order valence-electron chi connectivity index (χ2n) is 5.75. The highest BCUT2D eigenvalue weighted by Crippen LogP contribution is 2.25. The van der Waals surface area contributed by atoms with E-state index in [1.807, 2.05) is 39.8 Å². The zero-order valence-electron chi connectivity index (χ0n) is 13.5. The van der Waals surface area contributed by atoms with E-state index in [9.17, 15) is 9.90 Å². The highest BCUT2D eigenvalue weighted by molar-refractivity contribution is 5.91. The van der Waals surface area contributed by atoms with E-state index in [0.717, 1.165) is 5.56 Å². The average Bonchev–Trinajstić information content (AvgIpc) is 2.40. The molecule has 118 valence electrons. The van der Waals surface area contributed by atoms with E-state index in [4.69, 9.17) is 4.74 Å². The van der Waals surface area contributed by atoms with Crippen LogP contribution in [0.2, 0.25) is 0 Å². The first-order chi connectivity index (χ1) is 9.76. The third kappa shape index (κ3) is 5.27. The maximum atomic E-state index is 11.9. The van der Waals surface area contributed by atoms with Crippen molar-refractivity contribution >= 4 is 11.7 Å². The molecular formula is C16H26N2O3. The Hall–Kier alpha value is -1.75. The van der Waals surface area contributed by atoms with Crippen LogP contribution in [0, 0.1) is 12.8 Å². The van der Waals surface area contributed by atoms with Crippen molar-refractivity contribution < 1.29 is 14.6 Å². The molecule has 0 aromatic heterocycles. The third-order valence-electron chi connectivity index (χ3n) is 3.54. The number of urea groups is 1. The monoisotopic (exact) mass is 294 g/mol. The first-order valence-corrected chi connectivity index (χ1v) is 7.27. The molecule has 1 rings (SSSR count). The number of anilines is 1. The summed E-state index contributed by atoms with van der Waals surface area (Å²) in [7, 11) is 0. The number of ether oxygens (including phenoxy) is 1. The van der Waals surface area contributed by atoms with E-state index in [0.29, 0.717) is 18.0 Å². The number of nitrogens with one attached hydrogen (secondary N) is 2. The minimum Gasteiger partial charge on any atom is -0.492 e. The first-order valence-electron chi connectivity index (χ1n) is 7.27. The summed E-state index contributed by atoms with van der Waals surface area (Å²) in [6.45, 7) is 10.1. The Morgan fingerprint density at radius 1 is 1.43 bits per heavy atom. The van der Waals surface area contributed by atoms with Gasteiger partial charge >= 0.3 is 6.03 Å². The number of hydrogen-bond acceptors (Lipinski definition) is 3. The van der Waals surface area contributed by atoms with Crippen molar-refractivity contribution in [2.75, 3.05) is 18.5 Å². The van der Waals surface area contributed by atoms with Crippen LogP contribution >= 0.6 is 0 Å². The fourth-order valence-corrected chi connectivity index (χ4v) is 1.64. The van der Waals surface area contributed by atoms with Gasteiger partial charge in [-0.25, -0.2) is 4.79 Å². The molecule has 1 atom stereocenters. The Morgan fingerprint density at radius 3 is 2.67 bits per heavy atom. The van der Waals surface area contributed by atoms with Gasteiger partial charge in [-0.05, 0) is 44.4 Å². The molecule has 1 aromatic carbocycles. The lowest BCUT2D eigenvalue weighted by Gasteiger charge is -2.27. The standard InChI is InChI=1S/C16H26N2O3/c1-6-21-14-9-12(4)7-8-13(14)18-15(19)17-10-16(5,20)11(2)3/h7-9,11,20H,6,10H2,1-5H3,(H2,17,18,19). The Kier molecular flexibility index (Phi) is 6.03. The van der Waals surface area contributed by atoms with Crippen molar-refractivity contribution in [3.63, 3.8) is 0 Å². The lowest BCUT2D eigenvalue weighted by atomic mass is 9.93. The molecule has 0 bridgehead atoms. The fourth-order valence-electron chi connectivity index (χ4n) is 1.64. The third-order valence-corrected chi connectivity index (χ3v) is 3.54. The van der Waals surface area contributed by atoms with Gasteiger partial charge in [0.2, 0.25) is 0 Å². The van der Waals surface area contributed by atoms with Crippen molar-refractivity contribution in [2.45, 2.75) is 40.2 Å². The molecule has 0 aliphatic carbocycles. The van der Waals surface area contributed by atoms with Crippen LogP contribution in [0.5, 0.6) is 5.75 Å². The predicted molar refractivity (Wildman–Crippen MR) is 84.8 cm³/mol. The van der Waals surface area contributed by atoms with Crippen LogP contribution in [-0.2, 0) is 0 Å². The molecule has 5 heteroatoms. The molecule has 5 nitrogen and oxygen atoms in total. The second kappa shape index (κ2) is 7.31. The molecule has 0 fully saturated rings. The average molecular weight is 294 g/mol. The summed E-state index contributed by atoms with van der Waals surface area (Å²) >= 11 is 0. The van der Waals surface area contributed by atoms with Gasteiger partial charge < -0.3 is 20.5 Å². The van der Waals surface area contributed by atoms with Gasteiger partial charge in [0.1, 0.15) is 5.75 Å². The van der Waals surface area contributed by atoms with Crippen molar-refractivity contribution in [2.24, 2.45) is 5.92 Å². The zero-order chi connectivity index (χ0) is 16.0. The van der Waals surface area contributed by atoms with Gasteiger partial charge in [-0.1, -0.05) is 19.9 Å². The Bertz CT molecular complexity index is 484. The molecule has 0 aliphatic heterocycles. The summed E-state index contributed by atoms with van der Waals surface area (Å²) in [5.74, 6) is 0.694. The SMILES string of the molecule is CCOc1cc(C)ccc1NC(=O)NCC(C)(O)C(C)C. The van der Waals surface area contributed by atoms with E-state index >= 15 is 0 Å². The molecule has 3 N–H and O–H groups in total. The summed E-state index contributed by atoms with van der Waals surface area (Å²) in [6, 6.07) is 5.23. The Morgan fingerprint density at radius 2 is 2.10 bits per heavy atom. The lowest BCUT2D eigenvalue weighted by Crippen LogP contribution is -2.45. The lowest BCUT2D eigenvalue weighted by molar-refractivity contribution is 0.0170. The molecule has 0 spiro atoms. The molecule has 0 aliphatic rings. The largest absolute Gasteiger partial charge is 0.492 e. The van der Waals surface area contributed by atoms with Crippen LogP contribution in [0.3, 0.4) is 0 Å². The van der Waals surface area contributed by atoms with Crippen LogP contribution < -0.4 is 15.4 Å². The maximum Gasteiger partial charge on any atom is 0.319 e. The van der Waals surface area contributed by atoms with E-state index in [1.54, 1.807) is 13.0 Å². The molecule has 1 aromatic rings. The molecule has 0 saturated carbocycles. The normalized spacial score (nSPS) is 13.7. The van der Waals surface area contributed by atoms with E-state index < -0.39 is 5.60 Å². The predicted octanol–water partition coefficient (Wildman–Crippen LogP) is 2.92. The highest BCUT2D eigenvalue weighted by Gasteiger charge is 2.25. The van der Waals surface area contributed by atoms with Crippen LogP contribution in [0.15, 0.2) is 18.2 Å². The van der Waals surface area contributed by atoms with Gasteiger partial charge in [-0.15, -0.1) is 0 Å². The number of carbonyl (C=O) groups excluding carboxylic acids is 1. The molecular weight excluding hydrogens is 268 g/mol. The van der Waals surface area contributed by atoms with Gasteiger partial charge in [-0.2, -0.15) is 0 Å². The molecule has 2 amide bonds. The van der Waals surface area contributed by atoms with Gasteiger partial charge in [0.25, 0.3) is 0 Å². The quantitative estimate of drug-likeness (QED) is 0.755. The smallest absolute Gasteiger partial charge is 0.319 e. The summed E-state index contributed by atoms with van der Waals surface area (Å²) in [5.41, 5.74) is 0.740. The summed E-state index contributed by atoms with van der Waals surface area (Å²) in [4.78, 5) is 11.9. The summed E-state index contributed by atoms with van der Waals surface area (Å²) in [6.07, 6.45) is 0. The minimum absolute atomic E-state index is 0.0520. The fraction of sp³-hybridized carbons (Fsp3) is 0.562. The first kappa shape index (κ1) is 17.3. The summed E-state index contributed by atoms with van der Waals surface area (Å²) in [5, 5.41) is 15.5.